The van der Waals surface area contributed by atoms with Gasteiger partial charge in [-0.05, 0) is 75.2 Å². The Hall–Kier alpha value is -2.60. The maximum Gasteiger partial charge on any atom is 0.246 e. The fourth-order valence-electron chi connectivity index (χ4n) is 5.19. The number of morpholine rings is 1. The molecule has 1 unspecified atom stereocenters. The van der Waals surface area contributed by atoms with Crippen molar-refractivity contribution in [2.75, 3.05) is 46.5 Å². The van der Waals surface area contributed by atoms with Crippen LogP contribution in [0.2, 0.25) is 0 Å². The van der Waals surface area contributed by atoms with Gasteiger partial charge in [-0.1, -0.05) is 12.1 Å². The topological polar surface area (TPSA) is 88.2 Å². The van der Waals surface area contributed by atoms with Gasteiger partial charge in [-0.25, -0.2) is 17.2 Å². The summed E-state index contributed by atoms with van der Waals surface area (Å²) in [5.74, 6) is -2.11. The van der Waals surface area contributed by atoms with Crippen molar-refractivity contribution in [3.63, 3.8) is 0 Å². The molecule has 1 amide bonds. The second kappa shape index (κ2) is 11.6. The predicted molar refractivity (Wildman–Crippen MR) is 138 cm³/mol. The van der Waals surface area contributed by atoms with Crippen molar-refractivity contribution >= 4 is 15.9 Å². The second-order valence-corrected chi connectivity index (χ2v) is 12.1. The third-order valence-electron chi connectivity index (χ3n) is 7.39. The smallest absolute Gasteiger partial charge is 0.246 e. The molecule has 2 aliphatic heterocycles. The van der Waals surface area contributed by atoms with Crippen molar-refractivity contribution in [1.82, 2.24) is 14.5 Å². The highest BCUT2D eigenvalue weighted by Crippen LogP contribution is 2.35. The van der Waals surface area contributed by atoms with Gasteiger partial charge in [0.1, 0.15) is 10.6 Å². The van der Waals surface area contributed by atoms with E-state index in [0.29, 0.717) is 24.3 Å². The maximum atomic E-state index is 14.2. The van der Waals surface area contributed by atoms with Crippen LogP contribution in [0.5, 0.6) is 5.75 Å². The molecule has 0 spiro atoms. The van der Waals surface area contributed by atoms with Crippen LogP contribution in [0.1, 0.15) is 43.9 Å². The number of sulfonamides is 1. The molecule has 0 saturated carbocycles. The van der Waals surface area contributed by atoms with Gasteiger partial charge in [-0.3, -0.25) is 9.69 Å². The number of amides is 1. The molecule has 208 valence electrons. The molecule has 4 rings (SSSR count). The molecule has 1 N–H and O–H groups in total. The third-order valence-corrected chi connectivity index (χ3v) is 9.31. The van der Waals surface area contributed by atoms with E-state index in [-0.39, 0.29) is 36.1 Å². The summed E-state index contributed by atoms with van der Waals surface area (Å²) in [6.07, 6.45) is 1.94. The predicted octanol–water partition coefficient (Wildman–Crippen LogP) is 3.27. The zero-order valence-corrected chi connectivity index (χ0v) is 22.8. The van der Waals surface area contributed by atoms with Gasteiger partial charge in [0.2, 0.25) is 15.9 Å². The summed E-state index contributed by atoms with van der Waals surface area (Å²) in [4.78, 5) is 15.5. The number of halogens is 2. The molecule has 2 aromatic carbocycles. The molecule has 0 bridgehead atoms. The first-order valence-electron chi connectivity index (χ1n) is 12.8. The molecule has 11 heteroatoms. The maximum absolute atomic E-state index is 14.2. The van der Waals surface area contributed by atoms with Crippen LogP contribution in [0.4, 0.5) is 8.78 Å². The summed E-state index contributed by atoms with van der Waals surface area (Å²) < 4.78 is 66.5. The molecule has 2 aromatic rings. The summed E-state index contributed by atoms with van der Waals surface area (Å²) >= 11 is 0. The Labute approximate surface area is 223 Å². The highest BCUT2D eigenvalue weighted by Gasteiger charge is 2.39. The van der Waals surface area contributed by atoms with Gasteiger partial charge in [0.15, 0.2) is 11.6 Å². The fraction of sp³-hybridized carbons (Fsp3) is 0.519. The van der Waals surface area contributed by atoms with Crippen LogP contribution in [0.15, 0.2) is 41.3 Å². The minimum Gasteiger partial charge on any atom is -0.495 e. The van der Waals surface area contributed by atoms with Crippen LogP contribution >= 0.6 is 0 Å². The number of hydrogen-bond donors (Lipinski definition) is 1. The molecular weight excluding hydrogens is 516 g/mol. The van der Waals surface area contributed by atoms with Crippen molar-refractivity contribution in [1.29, 1.82) is 0 Å². The van der Waals surface area contributed by atoms with Crippen LogP contribution in [0.3, 0.4) is 0 Å². The number of hydrogen-bond acceptors (Lipinski definition) is 6. The second-order valence-electron chi connectivity index (χ2n) is 10.2. The largest absolute Gasteiger partial charge is 0.495 e. The van der Waals surface area contributed by atoms with Crippen molar-refractivity contribution in [2.24, 2.45) is 0 Å². The number of carbonyl (C=O) groups is 1. The van der Waals surface area contributed by atoms with Crippen molar-refractivity contribution in [2.45, 2.75) is 49.6 Å². The van der Waals surface area contributed by atoms with Crippen LogP contribution in [-0.4, -0.2) is 75.6 Å². The van der Waals surface area contributed by atoms with Gasteiger partial charge in [0, 0.05) is 18.6 Å². The summed E-state index contributed by atoms with van der Waals surface area (Å²) in [6, 6.07) is 7.70. The van der Waals surface area contributed by atoms with Gasteiger partial charge in [0.25, 0.3) is 0 Å². The zero-order chi connectivity index (χ0) is 27.5. The quantitative estimate of drug-likeness (QED) is 0.515. The number of likely N-dealkylation sites (tertiary alicyclic amines) is 1. The van der Waals surface area contributed by atoms with Gasteiger partial charge in [-0.15, -0.1) is 0 Å². The monoisotopic (exact) mass is 551 g/mol. The van der Waals surface area contributed by atoms with Crippen molar-refractivity contribution in [3.8, 4) is 5.75 Å². The lowest BCUT2D eigenvalue weighted by molar-refractivity contribution is -0.122. The van der Waals surface area contributed by atoms with Crippen molar-refractivity contribution < 1.29 is 31.5 Å². The van der Waals surface area contributed by atoms with E-state index in [4.69, 9.17) is 9.47 Å². The van der Waals surface area contributed by atoms with Gasteiger partial charge in [-0.2, -0.15) is 4.31 Å². The van der Waals surface area contributed by atoms with E-state index >= 15 is 0 Å². The first-order valence-corrected chi connectivity index (χ1v) is 14.2. The molecular formula is C27H35F2N3O5S. The Morgan fingerprint density at radius 3 is 2.37 bits per heavy atom. The van der Waals surface area contributed by atoms with E-state index in [9.17, 15) is 22.0 Å². The number of nitrogens with zero attached hydrogens (tertiary/aromatic N) is 2. The van der Waals surface area contributed by atoms with E-state index in [1.165, 1.54) is 29.6 Å². The fourth-order valence-corrected chi connectivity index (χ4v) is 6.81. The summed E-state index contributed by atoms with van der Waals surface area (Å²) in [7, 11) is -2.46. The Morgan fingerprint density at radius 1 is 1.05 bits per heavy atom. The molecule has 2 heterocycles. The van der Waals surface area contributed by atoms with E-state index in [1.54, 1.807) is 6.07 Å². The lowest BCUT2D eigenvalue weighted by atomic mass is 9.86. The summed E-state index contributed by atoms with van der Waals surface area (Å²) in [5.41, 5.74) is 0.360. The van der Waals surface area contributed by atoms with Crippen LogP contribution in [0.25, 0.3) is 0 Å². The molecule has 0 radical (unpaired) electrons. The van der Waals surface area contributed by atoms with Gasteiger partial charge < -0.3 is 14.8 Å². The molecule has 0 aliphatic carbocycles. The van der Waals surface area contributed by atoms with Gasteiger partial charge >= 0.3 is 0 Å². The average molecular weight is 552 g/mol. The van der Waals surface area contributed by atoms with Crippen LogP contribution < -0.4 is 10.1 Å². The number of methoxy groups -OCH3 is 1. The normalized spacial score (nSPS) is 18.3. The summed E-state index contributed by atoms with van der Waals surface area (Å²) in [5, 5.41) is 3.02. The highest BCUT2D eigenvalue weighted by atomic mass is 32.2. The molecule has 8 nitrogen and oxygen atoms in total. The molecule has 2 aliphatic rings. The SMILES string of the molecule is COc1ccc(CC(=O)NC(c2ccc(F)c(F)c2)C(C)(C)N2CCCC2)cc1S(=O)(=O)N1CCOCC1. The lowest BCUT2D eigenvalue weighted by Crippen LogP contribution is -2.53. The lowest BCUT2D eigenvalue weighted by Gasteiger charge is -2.42. The standard InChI is InChI=1S/C27H35F2N3O5S/c1-27(2,31-10-4-5-11-31)26(20-7-8-21(28)22(29)18-20)30-25(33)17-19-6-9-23(36-3)24(16-19)38(34,35)32-12-14-37-15-13-32/h6-9,16,18,26H,4-5,10-15,17H2,1-3H3,(H,30,33). The Balaban J connectivity index is 1.60. The Bertz CT molecular complexity index is 1260. The third kappa shape index (κ3) is 6.01. The molecule has 2 fully saturated rings. The van der Waals surface area contributed by atoms with E-state index in [0.717, 1.165) is 38.1 Å². The first-order chi connectivity index (χ1) is 18.0. The molecule has 38 heavy (non-hydrogen) atoms. The van der Waals surface area contributed by atoms with Gasteiger partial charge in [0.05, 0.1) is 32.8 Å². The van der Waals surface area contributed by atoms with Crippen molar-refractivity contribution in [3.05, 3.63) is 59.2 Å². The summed E-state index contributed by atoms with van der Waals surface area (Å²) in [6.45, 7) is 6.71. The van der Waals surface area contributed by atoms with E-state index in [1.807, 2.05) is 13.8 Å². The van der Waals surface area contributed by atoms with E-state index < -0.39 is 33.2 Å². The minimum atomic E-state index is -3.86. The first kappa shape index (κ1) is 28.4. The van der Waals surface area contributed by atoms with Crippen LogP contribution in [-0.2, 0) is 26.0 Å². The highest BCUT2D eigenvalue weighted by molar-refractivity contribution is 7.89. The number of benzene rings is 2. The number of ether oxygens (including phenoxy) is 2. The Morgan fingerprint density at radius 2 is 1.74 bits per heavy atom. The minimum absolute atomic E-state index is 0.0123. The molecule has 0 aromatic heterocycles. The number of rotatable bonds is 9. The zero-order valence-electron chi connectivity index (χ0n) is 22.0. The Kier molecular flexibility index (Phi) is 8.71. The molecule has 2 saturated heterocycles. The van der Waals surface area contributed by atoms with Crippen LogP contribution in [0, 0.1) is 11.6 Å². The average Bonchev–Trinajstić information content (AvgIpc) is 3.46. The van der Waals surface area contributed by atoms with E-state index in [2.05, 4.69) is 10.2 Å². The number of nitrogens with one attached hydrogen (secondary N) is 1. The number of carbonyl (C=O) groups excluding carboxylic acids is 1. The molecule has 1 atom stereocenters.